The highest BCUT2D eigenvalue weighted by molar-refractivity contribution is 6.21. The van der Waals surface area contributed by atoms with Crippen LogP contribution in [-0.4, -0.2) is 27.4 Å². The Kier molecular flexibility index (Phi) is 2.47. The van der Waals surface area contributed by atoms with Gasteiger partial charge >= 0.3 is 11.9 Å². The summed E-state index contributed by atoms with van der Waals surface area (Å²) in [7, 11) is 0. The van der Waals surface area contributed by atoms with Crippen LogP contribution in [0, 0.1) is 5.82 Å². The van der Waals surface area contributed by atoms with E-state index in [0.717, 1.165) is 10.9 Å². The number of carbonyl (C=O) groups is 3. The molecule has 6 nitrogen and oxygen atoms in total. The number of fused-ring (bicyclic) bond motifs is 3. The summed E-state index contributed by atoms with van der Waals surface area (Å²) in [6.45, 7) is 2.90. The molecule has 0 N–H and O–H groups in total. The molecule has 1 aromatic heterocycles. The summed E-state index contributed by atoms with van der Waals surface area (Å²) in [6.07, 6.45) is 1.32. The average molecular weight is 276 g/mol. The number of rotatable bonds is 1. The first-order valence-electron chi connectivity index (χ1n) is 5.96. The fourth-order valence-electron chi connectivity index (χ4n) is 2.44. The monoisotopic (exact) mass is 276 g/mol. The molecule has 0 radical (unpaired) electrons. The molecular formula is C13H9FN2O4. The topological polar surface area (TPSA) is 78.3 Å². The summed E-state index contributed by atoms with van der Waals surface area (Å²) in [6, 6.07) is 0. The van der Waals surface area contributed by atoms with E-state index in [4.69, 9.17) is 0 Å². The molecule has 0 spiro atoms. The first-order valence-corrected chi connectivity index (χ1v) is 5.96. The van der Waals surface area contributed by atoms with Crippen LogP contribution in [0.3, 0.4) is 0 Å². The Balaban J connectivity index is 2.55. The molecule has 0 unspecified atom stereocenters. The Morgan fingerprint density at radius 3 is 2.60 bits per heavy atom. The second-order valence-corrected chi connectivity index (χ2v) is 4.40. The van der Waals surface area contributed by atoms with Crippen LogP contribution >= 0.6 is 0 Å². The molecule has 0 aliphatic carbocycles. The van der Waals surface area contributed by atoms with Gasteiger partial charge in [0.1, 0.15) is 22.9 Å². The van der Waals surface area contributed by atoms with Crippen molar-refractivity contribution in [1.82, 2.24) is 9.55 Å². The smallest absolute Gasteiger partial charge is 0.349 e. The summed E-state index contributed by atoms with van der Waals surface area (Å²) in [5, 5.41) is 0. The van der Waals surface area contributed by atoms with Gasteiger partial charge in [0.05, 0.1) is 5.56 Å². The second-order valence-electron chi connectivity index (χ2n) is 4.40. The van der Waals surface area contributed by atoms with Gasteiger partial charge in [0.2, 0.25) is 5.91 Å². The van der Waals surface area contributed by atoms with Crippen molar-refractivity contribution in [2.75, 3.05) is 0 Å². The highest BCUT2D eigenvalue weighted by atomic mass is 19.1. The maximum atomic E-state index is 14.5. The van der Waals surface area contributed by atoms with Gasteiger partial charge in [0.15, 0.2) is 5.82 Å². The second kappa shape index (κ2) is 3.96. The zero-order chi connectivity index (χ0) is 14.6. The van der Waals surface area contributed by atoms with Crippen LogP contribution < -0.4 is 0 Å². The lowest BCUT2D eigenvalue weighted by Gasteiger charge is -2.07. The van der Waals surface area contributed by atoms with E-state index in [9.17, 15) is 18.8 Å². The molecule has 0 saturated carbocycles. The van der Waals surface area contributed by atoms with Crippen LogP contribution in [0.15, 0.2) is 6.33 Å². The Morgan fingerprint density at radius 2 is 2.00 bits per heavy atom. The third-order valence-corrected chi connectivity index (χ3v) is 3.32. The lowest BCUT2D eigenvalue weighted by atomic mass is 9.98. The number of aromatic nitrogens is 2. The summed E-state index contributed by atoms with van der Waals surface area (Å²) in [5.74, 6) is -2.90. The van der Waals surface area contributed by atoms with Crippen molar-refractivity contribution in [3.05, 3.63) is 28.8 Å². The number of esters is 2. The van der Waals surface area contributed by atoms with Gasteiger partial charge in [-0.2, -0.15) is 0 Å². The van der Waals surface area contributed by atoms with Gasteiger partial charge in [-0.15, -0.1) is 0 Å². The molecule has 7 heteroatoms. The largest absolute Gasteiger partial charge is 0.386 e. The molecule has 1 aromatic carbocycles. The zero-order valence-corrected chi connectivity index (χ0v) is 10.7. The van der Waals surface area contributed by atoms with Gasteiger partial charge in [0, 0.05) is 12.5 Å². The maximum absolute atomic E-state index is 14.5. The highest BCUT2D eigenvalue weighted by Gasteiger charge is 2.38. The fraction of sp³-hybridized carbons (Fsp3) is 0.231. The SMILES string of the molecule is CCc1c2c(c3ncn(C(C)=O)c3c1F)C(=O)OC2=O. The van der Waals surface area contributed by atoms with Crippen molar-refractivity contribution < 1.29 is 23.5 Å². The van der Waals surface area contributed by atoms with Crippen LogP contribution in [0.4, 0.5) is 4.39 Å². The van der Waals surface area contributed by atoms with Gasteiger partial charge in [-0.1, -0.05) is 6.92 Å². The van der Waals surface area contributed by atoms with Crippen molar-refractivity contribution in [2.24, 2.45) is 0 Å². The summed E-state index contributed by atoms with van der Waals surface area (Å²) in [4.78, 5) is 38.8. The molecule has 3 rings (SSSR count). The maximum Gasteiger partial charge on any atom is 0.349 e. The molecule has 0 amide bonds. The number of benzene rings is 1. The molecule has 1 aliphatic rings. The van der Waals surface area contributed by atoms with E-state index in [1.165, 1.54) is 6.92 Å². The first kappa shape index (κ1) is 12.5. The molecular weight excluding hydrogens is 267 g/mol. The standard InChI is InChI=1S/C13H9FN2O4/c1-3-6-7-8(13(19)20-12(7)18)10-11(9(6)14)16(4-15-10)5(2)17/h4H,3H2,1-2H3. The molecule has 2 aromatic rings. The minimum Gasteiger partial charge on any atom is -0.386 e. The average Bonchev–Trinajstić information content (AvgIpc) is 2.93. The van der Waals surface area contributed by atoms with E-state index in [1.54, 1.807) is 6.92 Å². The molecule has 0 fully saturated rings. The number of cyclic esters (lactones) is 2. The van der Waals surface area contributed by atoms with Gasteiger partial charge in [-0.05, 0) is 6.42 Å². The van der Waals surface area contributed by atoms with E-state index in [-0.39, 0.29) is 34.1 Å². The molecule has 0 saturated heterocycles. The van der Waals surface area contributed by atoms with E-state index < -0.39 is 23.7 Å². The van der Waals surface area contributed by atoms with E-state index in [1.807, 2.05) is 0 Å². The molecule has 2 heterocycles. The number of carbonyl (C=O) groups excluding carboxylic acids is 3. The Morgan fingerprint density at radius 1 is 1.35 bits per heavy atom. The van der Waals surface area contributed by atoms with Crippen LogP contribution in [-0.2, 0) is 11.2 Å². The van der Waals surface area contributed by atoms with Crippen molar-refractivity contribution in [1.29, 1.82) is 0 Å². The number of hydrogen-bond acceptors (Lipinski definition) is 5. The predicted molar refractivity (Wildman–Crippen MR) is 65.1 cm³/mol. The van der Waals surface area contributed by atoms with Crippen LogP contribution in [0.2, 0.25) is 0 Å². The van der Waals surface area contributed by atoms with E-state index in [2.05, 4.69) is 9.72 Å². The number of ether oxygens (including phenoxy) is 1. The molecule has 0 atom stereocenters. The number of halogens is 1. The van der Waals surface area contributed by atoms with Crippen LogP contribution in [0.5, 0.6) is 0 Å². The van der Waals surface area contributed by atoms with Crippen LogP contribution in [0.25, 0.3) is 11.0 Å². The fourth-order valence-corrected chi connectivity index (χ4v) is 2.44. The highest BCUT2D eigenvalue weighted by Crippen LogP contribution is 2.34. The Labute approximate surface area is 112 Å². The lowest BCUT2D eigenvalue weighted by molar-refractivity contribution is 0.0443. The van der Waals surface area contributed by atoms with Gasteiger partial charge < -0.3 is 4.74 Å². The summed E-state index contributed by atoms with van der Waals surface area (Å²) >= 11 is 0. The first-order chi connectivity index (χ1) is 9.47. The Hall–Kier alpha value is -2.57. The van der Waals surface area contributed by atoms with Gasteiger partial charge in [-0.25, -0.2) is 19.0 Å². The van der Waals surface area contributed by atoms with Crippen molar-refractivity contribution in [3.63, 3.8) is 0 Å². The molecule has 20 heavy (non-hydrogen) atoms. The van der Waals surface area contributed by atoms with E-state index in [0.29, 0.717) is 0 Å². The quantitative estimate of drug-likeness (QED) is 0.585. The molecule has 0 bridgehead atoms. The lowest BCUT2D eigenvalue weighted by Crippen LogP contribution is -2.09. The number of nitrogens with zero attached hydrogens (tertiary/aromatic N) is 2. The third-order valence-electron chi connectivity index (χ3n) is 3.32. The van der Waals surface area contributed by atoms with Gasteiger partial charge in [-0.3, -0.25) is 9.36 Å². The van der Waals surface area contributed by atoms with Crippen molar-refractivity contribution in [3.8, 4) is 0 Å². The minimum absolute atomic E-state index is 0.0271. The molecule has 1 aliphatic heterocycles. The Bertz CT molecular complexity index is 807. The predicted octanol–water partition coefficient (Wildman–Crippen LogP) is 1.71. The number of hydrogen-bond donors (Lipinski definition) is 0. The molecule has 102 valence electrons. The number of imidazole rings is 1. The van der Waals surface area contributed by atoms with Crippen molar-refractivity contribution >= 4 is 28.9 Å². The van der Waals surface area contributed by atoms with Crippen molar-refractivity contribution in [2.45, 2.75) is 20.3 Å². The summed E-state index contributed by atoms with van der Waals surface area (Å²) < 4.78 is 20.1. The van der Waals surface area contributed by atoms with E-state index >= 15 is 0 Å². The minimum atomic E-state index is -0.875. The zero-order valence-electron chi connectivity index (χ0n) is 10.7. The third kappa shape index (κ3) is 1.37. The normalized spacial score (nSPS) is 13.8. The van der Waals surface area contributed by atoms with Gasteiger partial charge in [0.25, 0.3) is 0 Å². The van der Waals surface area contributed by atoms with Crippen LogP contribution in [0.1, 0.15) is 44.9 Å². The summed E-state index contributed by atoms with van der Waals surface area (Å²) in [5.41, 5.74) is -0.216.